The van der Waals surface area contributed by atoms with Gasteiger partial charge in [0.25, 0.3) is 0 Å². The number of carbonyl (C=O) groups is 6. The maximum absolute atomic E-state index is 10.0. The Morgan fingerprint density at radius 2 is 0.500 bits per heavy atom. The summed E-state index contributed by atoms with van der Waals surface area (Å²) in [5.41, 5.74) is 0. The Kier molecular flexibility index (Phi) is 23.1. The fourth-order valence-electron chi connectivity index (χ4n) is 1.05. The molecule has 0 aromatic carbocycles. The van der Waals surface area contributed by atoms with Crippen LogP contribution in [-0.2, 0) is 48.2 Å². The van der Waals surface area contributed by atoms with Crippen LogP contribution in [0.3, 0.4) is 0 Å². The smallest absolute Gasteiger partial charge is 0.300 e. The van der Waals surface area contributed by atoms with Crippen molar-refractivity contribution in [3.63, 3.8) is 0 Å². The molecule has 0 unspecified atom stereocenters. The molecule has 0 aromatic rings. The molecule has 0 amide bonds. The Bertz CT molecular complexity index is 314. The van der Waals surface area contributed by atoms with E-state index in [2.05, 4.69) is 0 Å². The summed E-state index contributed by atoms with van der Waals surface area (Å²) in [4.78, 5) is 60.2. The minimum absolute atomic E-state index is 0. The topological polar surface area (TPSA) is 102 Å². The molecule has 0 N–H and O–H groups in total. The quantitative estimate of drug-likeness (QED) is 0.494. The molecule has 22 heavy (non-hydrogen) atoms. The summed E-state index contributed by atoms with van der Waals surface area (Å²) in [6, 6.07) is 0. The van der Waals surface area contributed by atoms with Crippen LogP contribution >= 0.6 is 0 Å². The van der Waals surface area contributed by atoms with Gasteiger partial charge in [0.2, 0.25) is 0 Å². The number of hydrogen-bond donors (Lipinski definition) is 0. The Morgan fingerprint density at radius 3 is 0.500 bits per heavy atom. The molecule has 0 spiro atoms. The molecular weight excluding hydrogens is 379 g/mol. The molecule has 6 nitrogen and oxygen atoms in total. The van der Waals surface area contributed by atoms with Crippen molar-refractivity contribution in [2.45, 2.75) is 60.8 Å². The van der Waals surface area contributed by atoms with E-state index >= 15 is 0 Å². The monoisotopic (exact) mass is 403 g/mol. The van der Waals surface area contributed by atoms with Crippen LogP contribution in [0.2, 0.25) is 0 Å². The standard InChI is InChI=1S/3C5H8O2.Rh/c3*1-4(6)3-5(2)7;/h3*3H2,1-2H3;/q;;;+3. The summed E-state index contributed by atoms with van der Waals surface area (Å²) in [6.45, 7) is 8.42. The summed E-state index contributed by atoms with van der Waals surface area (Å²) in [5.74, 6) is -0.375. The minimum Gasteiger partial charge on any atom is -0.300 e. The maximum Gasteiger partial charge on any atom is 3.00 e. The van der Waals surface area contributed by atoms with Crippen LogP contribution < -0.4 is 0 Å². The Balaban J connectivity index is -0.000000108. The van der Waals surface area contributed by atoms with E-state index in [4.69, 9.17) is 0 Å². The van der Waals surface area contributed by atoms with Crippen LogP contribution in [0, 0.1) is 0 Å². The second kappa shape index (κ2) is 17.7. The van der Waals surface area contributed by atoms with Crippen molar-refractivity contribution in [3.8, 4) is 0 Å². The second-order valence-corrected chi connectivity index (χ2v) is 4.74. The third kappa shape index (κ3) is 51.2. The minimum atomic E-state index is -0.0625. The zero-order valence-corrected chi connectivity index (χ0v) is 15.5. The molecule has 0 aliphatic carbocycles. The molecular formula is C15H24O6Rh+3. The zero-order chi connectivity index (χ0) is 17.6. The van der Waals surface area contributed by atoms with Gasteiger partial charge in [0.15, 0.2) is 0 Å². The molecule has 0 rings (SSSR count). The fourth-order valence-corrected chi connectivity index (χ4v) is 1.05. The van der Waals surface area contributed by atoms with Crippen LogP contribution in [0.4, 0.5) is 0 Å². The van der Waals surface area contributed by atoms with Crippen molar-refractivity contribution < 1.29 is 48.2 Å². The van der Waals surface area contributed by atoms with Crippen molar-refractivity contribution in [2.24, 2.45) is 0 Å². The van der Waals surface area contributed by atoms with Gasteiger partial charge in [0, 0.05) is 0 Å². The van der Waals surface area contributed by atoms with Crippen molar-refractivity contribution in [2.75, 3.05) is 0 Å². The molecule has 0 saturated carbocycles. The maximum atomic E-state index is 10.0. The normalized spacial score (nSPS) is 7.91. The van der Waals surface area contributed by atoms with E-state index < -0.39 is 0 Å². The van der Waals surface area contributed by atoms with Gasteiger partial charge in [-0.05, 0) is 41.5 Å². The predicted molar refractivity (Wildman–Crippen MR) is 77.9 cm³/mol. The molecule has 0 fully saturated rings. The van der Waals surface area contributed by atoms with Crippen LogP contribution in [0.5, 0.6) is 0 Å². The molecule has 0 saturated heterocycles. The summed E-state index contributed by atoms with van der Waals surface area (Å²) < 4.78 is 0. The second-order valence-electron chi connectivity index (χ2n) is 4.74. The third-order valence-electron chi connectivity index (χ3n) is 1.49. The zero-order valence-electron chi connectivity index (χ0n) is 13.9. The van der Waals surface area contributed by atoms with Gasteiger partial charge in [0.05, 0.1) is 19.3 Å². The van der Waals surface area contributed by atoms with Crippen LogP contribution in [0.25, 0.3) is 0 Å². The Morgan fingerprint density at radius 1 is 0.409 bits per heavy atom. The van der Waals surface area contributed by atoms with E-state index in [0.717, 1.165) is 0 Å². The number of rotatable bonds is 6. The molecule has 0 bridgehead atoms. The van der Waals surface area contributed by atoms with E-state index in [-0.39, 0.29) is 73.4 Å². The Hall–Kier alpha value is -1.36. The SMILES string of the molecule is CC(=O)CC(C)=O.CC(=O)CC(C)=O.CC(=O)CC(C)=O.[Rh+3]. The van der Waals surface area contributed by atoms with Gasteiger partial charge in [0.1, 0.15) is 34.7 Å². The number of ketones is 6. The summed E-state index contributed by atoms with van der Waals surface area (Å²) in [7, 11) is 0. The molecule has 7 heteroatoms. The van der Waals surface area contributed by atoms with Gasteiger partial charge >= 0.3 is 19.5 Å². The van der Waals surface area contributed by atoms with E-state index in [1.807, 2.05) is 0 Å². The molecule has 0 aliphatic rings. The van der Waals surface area contributed by atoms with Crippen molar-refractivity contribution >= 4 is 34.7 Å². The third-order valence-corrected chi connectivity index (χ3v) is 1.49. The van der Waals surface area contributed by atoms with Gasteiger partial charge in [-0.25, -0.2) is 0 Å². The molecule has 0 radical (unpaired) electrons. The van der Waals surface area contributed by atoms with Crippen molar-refractivity contribution in [3.05, 3.63) is 0 Å². The Labute approximate surface area is 144 Å². The first-order valence-corrected chi connectivity index (χ1v) is 6.35. The van der Waals surface area contributed by atoms with E-state index in [1.165, 1.54) is 41.5 Å². The van der Waals surface area contributed by atoms with Crippen LogP contribution in [0.15, 0.2) is 0 Å². The predicted octanol–water partition coefficient (Wildman–Crippen LogP) is 1.66. The molecule has 0 heterocycles. The average molecular weight is 403 g/mol. The summed E-state index contributed by atoms with van der Waals surface area (Å²) in [6.07, 6.45) is 0.250. The first-order chi connectivity index (χ1) is 9.38. The largest absolute Gasteiger partial charge is 3.00 e. The average Bonchev–Trinajstić information content (AvgIpc) is 2.10. The van der Waals surface area contributed by atoms with Gasteiger partial charge in [-0.1, -0.05) is 0 Å². The van der Waals surface area contributed by atoms with Gasteiger partial charge < -0.3 is 0 Å². The summed E-state index contributed by atoms with van der Waals surface area (Å²) >= 11 is 0. The molecule has 126 valence electrons. The van der Waals surface area contributed by atoms with Crippen LogP contribution in [0.1, 0.15) is 60.8 Å². The van der Waals surface area contributed by atoms with E-state index in [9.17, 15) is 28.8 Å². The van der Waals surface area contributed by atoms with Crippen molar-refractivity contribution in [1.29, 1.82) is 0 Å². The van der Waals surface area contributed by atoms with Gasteiger partial charge in [-0.15, -0.1) is 0 Å². The summed E-state index contributed by atoms with van der Waals surface area (Å²) in [5, 5.41) is 0. The molecule has 0 aliphatic heterocycles. The van der Waals surface area contributed by atoms with E-state index in [1.54, 1.807) is 0 Å². The van der Waals surface area contributed by atoms with Gasteiger partial charge in [-0.2, -0.15) is 0 Å². The van der Waals surface area contributed by atoms with E-state index in [0.29, 0.717) is 0 Å². The van der Waals surface area contributed by atoms with Crippen LogP contribution in [-0.4, -0.2) is 34.7 Å². The first kappa shape index (κ1) is 28.8. The molecule has 0 atom stereocenters. The number of Topliss-reactive ketones (excluding diaryl/α,β-unsaturated/α-hetero) is 6. The first-order valence-electron chi connectivity index (χ1n) is 6.35. The molecule has 0 aromatic heterocycles. The number of hydrogen-bond acceptors (Lipinski definition) is 6. The number of carbonyl (C=O) groups excluding carboxylic acids is 6. The fraction of sp³-hybridized carbons (Fsp3) is 0.600. The van der Waals surface area contributed by atoms with Crippen molar-refractivity contribution in [1.82, 2.24) is 0 Å². The van der Waals surface area contributed by atoms with Gasteiger partial charge in [-0.3, -0.25) is 28.8 Å².